The Morgan fingerprint density at radius 3 is 2.42 bits per heavy atom. The molecular weight excluding hydrogens is 300 g/mol. The molecule has 0 radical (unpaired) electrons. The van der Waals surface area contributed by atoms with Crippen LogP contribution in [-0.4, -0.2) is 17.0 Å². The van der Waals surface area contributed by atoms with Crippen LogP contribution in [-0.2, 0) is 10.2 Å². The van der Waals surface area contributed by atoms with Crippen LogP contribution in [0.15, 0.2) is 48.7 Å². The van der Waals surface area contributed by atoms with Gasteiger partial charge in [0, 0.05) is 6.07 Å². The monoisotopic (exact) mass is 324 g/mol. The van der Waals surface area contributed by atoms with Gasteiger partial charge in [-0.1, -0.05) is 43.2 Å². The second kappa shape index (κ2) is 7.04. The molecule has 1 fully saturated rings. The molecule has 1 aliphatic rings. The predicted molar refractivity (Wildman–Crippen MR) is 95.2 cm³/mol. The number of rotatable bonds is 5. The summed E-state index contributed by atoms with van der Waals surface area (Å²) in [6.07, 6.45) is 5.69. The van der Waals surface area contributed by atoms with E-state index >= 15 is 0 Å². The molecule has 24 heavy (non-hydrogen) atoms. The summed E-state index contributed by atoms with van der Waals surface area (Å²) >= 11 is 0. The van der Waals surface area contributed by atoms with Gasteiger partial charge in [0.25, 0.3) is 0 Å². The second-order valence-electron chi connectivity index (χ2n) is 6.66. The molecule has 1 aromatic heterocycles. The van der Waals surface area contributed by atoms with Crippen molar-refractivity contribution >= 4 is 11.6 Å². The summed E-state index contributed by atoms with van der Waals surface area (Å²) in [6.45, 7) is 3.92. The van der Waals surface area contributed by atoms with E-state index in [1.54, 1.807) is 12.3 Å². The molecule has 1 aliphatic carbocycles. The SMILES string of the molecule is CC(C)Oc1ccc(NC(=O)C2(c3ccccc3)CCCC2)cn1. The highest BCUT2D eigenvalue weighted by Crippen LogP contribution is 2.42. The third-order valence-corrected chi connectivity index (χ3v) is 4.57. The van der Waals surface area contributed by atoms with Crippen LogP contribution in [0.1, 0.15) is 45.1 Å². The highest BCUT2D eigenvalue weighted by molar-refractivity contribution is 5.99. The van der Waals surface area contributed by atoms with E-state index in [2.05, 4.69) is 22.4 Å². The van der Waals surface area contributed by atoms with Crippen LogP contribution in [0.3, 0.4) is 0 Å². The maximum atomic E-state index is 13.0. The third-order valence-electron chi connectivity index (χ3n) is 4.57. The number of nitrogens with one attached hydrogen (secondary N) is 1. The first-order chi connectivity index (χ1) is 11.6. The minimum Gasteiger partial charge on any atom is -0.475 e. The van der Waals surface area contributed by atoms with Crippen molar-refractivity contribution in [1.29, 1.82) is 0 Å². The minimum absolute atomic E-state index is 0.0607. The number of hydrogen-bond acceptors (Lipinski definition) is 3. The standard InChI is InChI=1S/C20H24N2O2/c1-15(2)24-18-11-10-17(14-21-18)22-19(23)20(12-6-7-13-20)16-8-4-3-5-9-16/h3-5,8-11,14-15H,6-7,12-13H2,1-2H3,(H,22,23). The Balaban J connectivity index is 1.77. The van der Waals surface area contributed by atoms with Gasteiger partial charge in [0.1, 0.15) is 0 Å². The number of amides is 1. The molecule has 1 N–H and O–H groups in total. The van der Waals surface area contributed by atoms with Crippen molar-refractivity contribution in [2.24, 2.45) is 0 Å². The zero-order chi connectivity index (χ0) is 17.0. The Morgan fingerprint density at radius 2 is 1.83 bits per heavy atom. The minimum atomic E-state index is -0.422. The number of carbonyl (C=O) groups is 1. The van der Waals surface area contributed by atoms with Crippen molar-refractivity contribution in [2.75, 3.05) is 5.32 Å². The quantitative estimate of drug-likeness (QED) is 0.891. The van der Waals surface area contributed by atoms with E-state index in [4.69, 9.17) is 4.74 Å². The maximum absolute atomic E-state index is 13.0. The molecule has 3 rings (SSSR count). The average molecular weight is 324 g/mol. The molecule has 0 saturated heterocycles. The van der Waals surface area contributed by atoms with E-state index in [0.29, 0.717) is 11.6 Å². The Bertz CT molecular complexity index is 675. The lowest BCUT2D eigenvalue weighted by Gasteiger charge is -2.28. The van der Waals surface area contributed by atoms with Crippen LogP contribution >= 0.6 is 0 Å². The molecule has 1 saturated carbocycles. The largest absolute Gasteiger partial charge is 0.475 e. The average Bonchev–Trinajstić information content (AvgIpc) is 3.08. The molecule has 4 nitrogen and oxygen atoms in total. The number of benzene rings is 1. The molecule has 126 valence electrons. The fourth-order valence-corrected chi connectivity index (χ4v) is 3.40. The Kier molecular flexibility index (Phi) is 4.84. The predicted octanol–water partition coefficient (Wildman–Crippen LogP) is 4.32. The smallest absolute Gasteiger partial charge is 0.235 e. The van der Waals surface area contributed by atoms with Gasteiger partial charge in [0.15, 0.2) is 0 Å². The summed E-state index contributed by atoms with van der Waals surface area (Å²) in [4.78, 5) is 17.3. The topological polar surface area (TPSA) is 51.2 Å². The Morgan fingerprint density at radius 1 is 1.12 bits per heavy atom. The van der Waals surface area contributed by atoms with Gasteiger partial charge in [0.2, 0.25) is 11.8 Å². The second-order valence-corrected chi connectivity index (χ2v) is 6.66. The third kappa shape index (κ3) is 3.42. The van der Waals surface area contributed by atoms with Gasteiger partial charge in [-0.15, -0.1) is 0 Å². The van der Waals surface area contributed by atoms with Crippen molar-refractivity contribution in [3.8, 4) is 5.88 Å². The summed E-state index contributed by atoms with van der Waals surface area (Å²) in [5.74, 6) is 0.632. The molecule has 0 aliphatic heterocycles. The van der Waals surface area contributed by atoms with E-state index in [1.807, 2.05) is 38.1 Å². The van der Waals surface area contributed by atoms with Crippen molar-refractivity contribution < 1.29 is 9.53 Å². The molecule has 1 amide bonds. The number of ether oxygens (including phenoxy) is 1. The molecule has 1 aromatic carbocycles. The van der Waals surface area contributed by atoms with E-state index in [0.717, 1.165) is 31.2 Å². The summed E-state index contributed by atoms with van der Waals surface area (Å²) in [5.41, 5.74) is 1.39. The van der Waals surface area contributed by atoms with Crippen LogP contribution in [0.2, 0.25) is 0 Å². The van der Waals surface area contributed by atoms with Crippen molar-refractivity contribution in [3.05, 3.63) is 54.2 Å². The van der Waals surface area contributed by atoms with Crippen LogP contribution in [0.25, 0.3) is 0 Å². The Labute approximate surface area is 143 Å². The molecule has 2 aromatic rings. The molecule has 0 bridgehead atoms. The van der Waals surface area contributed by atoms with Gasteiger partial charge in [-0.3, -0.25) is 4.79 Å². The van der Waals surface area contributed by atoms with Crippen molar-refractivity contribution in [3.63, 3.8) is 0 Å². The summed E-state index contributed by atoms with van der Waals surface area (Å²) < 4.78 is 5.54. The van der Waals surface area contributed by atoms with Gasteiger partial charge in [-0.25, -0.2) is 4.98 Å². The first-order valence-electron chi connectivity index (χ1n) is 8.60. The number of pyridine rings is 1. The van der Waals surface area contributed by atoms with Crippen LogP contribution in [0.4, 0.5) is 5.69 Å². The number of nitrogens with zero attached hydrogens (tertiary/aromatic N) is 1. The fraction of sp³-hybridized carbons (Fsp3) is 0.400. The van der Waals surface area contributed by atoms with E-state index in [9.17, 15) is 4.79 Å². The summed E-state index contributed by atoms with van der Waals surface area (Å²) in [7, 11) is 0. The first kappa shape index (κ1) is 16.5. The van der Waals surface area contributed by atoms with E-state index in [-0.39, 0.29) is 12.0 Å². The summed E-state index contributed by atoms with van der Waals surface area (Å²) in [6, 6.07) is 13.7. The highest BCUT2D eigenvalue weighted by Gasteiger charge is 2.42. The van der Waals surface area contributed by atoms with Gasteiger partial charge >= 0.3 is 0 Å². The lowest BCUT2D eigenvalue weighted by molar-refractivity contribution is -0.121. The normalized spacial score (nSPS) is 16.1. The highest BCUT2D eigenvalue weighted by atomic mass is 16.5. The van der Waals surface area contributed by atoms with Crippen LogP contribution in [0, 0.1) is 0 Å². The Hall–Kier alpha value is -2.36. The molecule has 0 atom stereocenters. The van der Waals surface area contributed by atoms with Crippen molar-refractivity contribution in [2.45, 2.75) is 51.0 Å². The molecule has 0 unspecified atom stereocenters. The van der Waals surface area contributed by atoms with Gasteiger partial charge in [-0.2, -0.15) is 0 Å². The lowest BCUT2D eigenvalue weighted by atomic mass is 9.78. The van der Waals surface area contributed by atoms with Crippen LogP contribution < -0.4 is 10.1 Å². The van der Waals surface area contributed by atoms with Gasteiger partial charge < -0.3 is 10.1 Å². The molecule has 0 spiro atoms. The van der Waals surface area contributed by atoms with Crippen LogP contribution in [0.5, 0.6) is 5.88 Å². The maximum Gasteiger partial charge on any atom is 0.235 e. The van der Waals surface area contributed by atoms with Gasteiger partial charge in [-0.05, 0) is 38.3 Å². The lowest BCUT2D eigenvalue weighted by Crippen LogP contribution is -2.37. The number of anilines is 1. The first-order valence-corrected chi connectivity index (χ1v) is 8.60. The molecule has 1 heterocycles. The number of hydrogen-bond donors (Lipinski definition) is 1. The summed E-state index contributed by atoms with van der Waals surface area (Å²) in [5, 5.41) is 3.05. The number of aromatic nitrogens is 1. The zero-order valence-corrected chi connectivity index (χ0v) is 14.3. The van der Waals surface area contributed by atoms with Crippen molar-refractivity contribution in [1.82, 2.24) is 4.98 Å². The van der Waals surface area contributed by atoms with E-state index < -0.39 is 5.41 Å². The molecular formula is C20H24N2O2. The number of carbonyl (C=O) groups excluding carboxylic acids is 1. The molecule has 4 heteroatoms. The zero-order valence-electron chi connectivity index (χ0n) is 14.3. The fourth-order valence-electron chi connectivity index (χ4n) is 3.40. The van der Waals surface area contributed by atoms with Gasteiger partial charge in [0.05, 0.1) is 23.4 Å². The van der Waals surface area contributed by atoms with E-state index in [1.165, 1.54) is 0 Å².